The summed E-state index contributed by atoms with van der Waals surface area (Å²) in [5.41, 5.74) is 1.56. The van der Waals surface area contributed by atoms with Crippen molar-refractivity contribution < 1.29 is 14.3 Å². The Morgan fingerprint density at radius 2 is 2.00 bits per heavy atom. The van der Waals surface area contributed by atoms with Crippen molar-refractivity contribution in [2.24, 2.45) is 0 Å². The summed E-state index contributed by atoms with van der Waals surface area (Å²) in [4.78, 5) is 28.4. The Bertz CT molecular complexity index is 819. The summed E-state index contributed by atoms with van der Waals surface area (Å²) in [6.45, 7) is 2.49. The minimum atomic E-state index is -0.267. The van der Waals surface area contributed by atoms with Gasteiger partial charge in [-0.15, -0.1) is 11.3 Å². The van der Waals surface area contributed by atoms with Crippen LogP contribution in [0.15, 0.2) is 29.6 Å². The molecule has 1 aliphatic carbocycles. The normalized spacial score (nSPS) is 19.1. The number of nitrogens with one attached hydrogen (secondary N) is 2. The molecule has 150 valence electrons. The Kier molecular flexibility index (Phi) is 7.28. The molecule has 1 saturated carbocycles. The molecule has 8 heteroatoms. The maximum atomic E-state index is 12.3. The van der Waals surface area contributed by atoms with Gasteiger partial charge in [0.25, 0.3) is 0 Å². The van der Waals surface area contributed by atoms with E-state index in [2.05, 4.69) is 15.6 Å². The van der Waals surface area contributed by atoms with Crippen molar-refractivity contribution in [1.82, 2.24) is 15.6 Å². The van der Waals surface area contributed by atoms with E-state index in [4.69, 9.17) is 16.3 Å². The van der Waals surface area contributed by atoms with Crippen LogP contribution in [-0.2, 0) is 16.0 Å². The van der Waals surface area contributed by atoms with Crippen LogP contribution in [0, 0.1) is 0 Å². The number of benzene rings is 1. The monoisotopic (exact) mass is 421 g/mol. The summed E-state index contributed by atoms with van der Waals surface area (Å²) in [6.07, 6.45) is 3.18. The zero-order chi connectivity index (χ0) is 19.9. The maximum Gasteiger partial charge on any atom is 0.314 e. The van der Waals surface area contributed by atoms with Gasteiger partial charge in [-0.25, -0.2) is 9.78 Å². The first-order valence-corrected chi connectivity index (χ1v) is 10.7. The van der Waals surface area contributed by atoms with Crippen molar-refractivity contribution in [2.45, 2.75) is 51.2 Å². The Balaban J connectivity index is 1.45. The highest BCUT2D eigenvalue weighted by Gasteiger charge is 2.25. The average Bonchev–Trinajstić information content (AvgIpc) is 3.12. The van der Waals surface area contributed by atoms with E-state index in [-0.39, 0.29) is 30.6 Å². The number of rotatable bonds is 6. The Morgan fingerprint density at radius 3 is 2.71 bits per heavy atom. The lowest BCUT2D eigenvalue weighted by Crippen LogP contribution is -2.44. The van der Waals surface area contributed by atoms with Crippen LogP contribution in [0.1, 0.15) is 38.3 Å². The van der Waals surface area contributed by atoms with E-state index >= 15 is 0 Å². The Morgan fingerprint density at radius 1 is 1.25 bits per heavy atom. The van der Waals surface area contributed by atoms with Crippen molar-refractivity contribution in [3.8, 4) is 10.6 Å². The fraction of sp³-hybridized carbons (Fsp3) is 0.450. The summed E-state index contributed by atoms with van der Waals surface area (Å²) >= 11 is 7.67. The average molecular weight is 422 g/mol. The van der Waals surface area contributed by atoms with Crippen LogP contribution in [0.4, 0.5) is 4.79 Å². The number of halogens is 1. The molecule has 0 aliphatic heterocycles. The maximum absolute atomic E-state index is 12.3. The van der Waals surface area contributed by atoms with Gasteiger partial charge in [-0.3, -0.25) is 4.79 Å². The molecule has 1 aromatic heterocycles. The minimum Gasteiger partial charge on any atom is -0.462 e. The molecule has 2 amide bonds. The number of nitrogens with zero attached hydrogens (tertiary/aromatic N) is 1. The second-order valence-corrected chi connectivity index (χ2v) is 8.03. The van der Waals surface area contributed by atoms with Gasteiger partial charge < -0.3 is 15.4 Å². The molecular weight excluding hydrogens is 398 g/mol. The molecular formula is C20H24ClN3O3S. The predicted octanol–water partition coefficient (Wildman–Crippen LogP) is 4.18. The second-order valence-electron chi connectivity index (χ2n) is 6.77. The van der Waals surface area contributed by atoms with Crippen molar-refractivity contribution in [3.05, 3.63) is 40.4 Å². The highest BCUT2D eigenvalue weighted by Crippen LogP contribution is 2.30. The number of hydrogen-bond acceptors (Lipinski definition) is 5. The van der Waals surface area contributed by atoms with Crippen molar-refractivity contribution in [3.63, 3.8) is 0 Å². The van der Waals surface area contributed by atoms with Crippen LogP contribution in [0.25, 0.3) is 10.6 Å². The molecule has 6 nitrogen and oxygen atoms in total. The number of amides is 2. The van der Waals surface area contributed by atoms with Crippen LogP contribution in [0.3, 0.4) is 0 Å². The predicted molar refractivity (Wildman–Crippen MR) is 111 cm³/mol. The molecule has 2 aromatic rings. The molecule has 1 aliphatic rings. The van der Waals surface area contributed by atoms with Crippen molar-refractivity contribution >= 4 is 34.9 Å². The number of urea groups is 1. The lowest BCUT2D eigenvalue weighted by atomic mass is 9.93. The van der Waals surface area contributed by atoms with E-state index in [9.17, 15) is 9.59 Å². The lowest BCUT2D eigenvalue weighted by molar-refractivity contribution is -0.149. The van der Waals surface area contributed by atoms with Gasteiger partial charge in [-0.05, 0) is 38.7 Å². The zero-order valence-corrected chi connectivity index (χ0v) is 17.3. The lowest BCUT2D eigenvalue weighted by Gasteiger charge is -2.28. The van der Waals surface area contributed by atoms with Gasteiger partial charge in [-0.1, -0.05) is 29.8 Å². The molecule has 0 radical (unpaired) electrons. The molecule has 2 N–H and O–H groups in total. The highest BCUT2D eigenvalue weighted by atomic mass is 35.5. The number of esters is 1. The number of hydrogen-bond donors (Lipinski definition) is 2. The molecule has 0 saturated heterocycles. The topological polar surface area (TPSA) is 80.3 Å². The minimum absolute atomic E-state index is 0.0959. The first kappa shape index (κ1) is 20.6. The van der Waals surface area contributed by atoms with Gasteiger partial charge in [-0.2, -0.15) is 0 Å². The van der Waals surface area contributed by atoms with Crippen molar-refractivity contribution in [1.29, 1.82) is 0 Å². The molecule has 0 bridgehead atoms. The molecule has 0 unspecified atom stereocenters. The molecule has 0 spiro atoms. The van der Waals surface area contributed by atoms with Gasteiger partial charge >= 0.3 is 12.0 Å². The van der Waals surface area contributed by atoms with Gasteiger partial charge in [0.1, 0.15) is 11.1 Å². The molecule has 3 rings (SSSR count). The van der Waals surface area contributed by atoms with E-state index in [1.54, 1.807) is 0 Å². The fourth-order valence-corrected chi connectivity index (χ4v) is 4.38. The van der Waals surface area contributed by atoms with E-state index in [0.717, 1.165) is 36.3 Å². The fourth-order valence-electron chi connectivity index (χ4n) is 3.24. The third-order valence-corrected chi connectivity index (χ3v) is 5.88. The Labute approximate surface area is 173 Å². The van der Waals surface area contributed by atoms with Gasteiger partial charge in [0, 0.05) is 23.5 Å². The van der Waals surface area contributed by atoms with Gasteiger partial charge in [0.05, 0.1) is 17.1 Å². The van der Waals surface area contributed by atoms with Crippen molar-refractivity contribution in [2.75, 3.05) is 6.54 Å². The van der Waals surface area contributed by atoms with E-state index < -0.39 is 0 Å². The smallest absolute Gasteiger partial charge is 0.314 e. The number of ether oxygens (including phenoxy) is 1. The summed E-state index contributed by atoms with van der Waals surface area (Å²) < 4.78 is 5.61. The molecule has 28 heavy (non-hydrogen) atoms. The zero-order valence-electron chi connectivity index (χ0n) is 15.7. The van der Waals surface area contributed by atoms with E-state index in [1.165, 1.54) is 11.3 Å². The highest BCUT2D eigenvalue weighted by molar-refractivity contribution is 7.13. The van der Waals surface area contributed by atoms with Crippen LogP contribution in [-0.4, -0.2) is 35.7 Å². The third-order valence-electron chi connectivity index (χ3n) is 4.63. The number of aromatic nitrogens is 1. The number of carbonyl (C=O) groups excluding carboxylic acids is 2. The second kappa shape index (κ2) is 9.89. The molecule has 1 heterocycles. The van der Waals surface area contributed by atoms with Gasteiger partial charge in [0.2, 0.25) is 0 Å². The third kappa shape index (κ3) is 5.69. The standard InChI is InChI=1S/C20H24ClN3O3S/c1-2-22-20(26)24-13-7-9-15(10-8-13)27-18(25)11-14-12-28-19(23-14)16-5-3-4-6-17(16)21/h3-6,12-13,15H,2,7-11H2,1H3,(H2,22,24,26). The van der Waals surface area contributed by atoms with Crippen LogP contribution >= 0.6 is 22.9 Å². The summed E-state index contributed by atoms with van der Waals surface area (Å²) in [5, 5.41) is 8.98. The molecule has 1 fully saturated rings. The first-order valence-electron chi connectivity index (χ1n) is 9.48. The van der Waals surface area contributed by atoms with Gasteiger partial charge in [0.15, 0.2) is 0 Å². The SMILES string of the molecule is CCNC(=O)NC1CCC(OC(=O)Cc2csc(-c3ccccc3Cl)n2)CC1. The van der Waals surface area contributed by atoms with Crippen LogP contribution < -0.4 is 10.6 Å². The summed E-state index contributed by atoms with van der Waals surface area (Å²) in [5.74, 6) is -0.267. The quantitative estimate of drug-likeness (QED) is 0.685. The molecule has 1 aromatic carbocycles. The van der Waals surface area contributed by atoms with Crippen LogP contribution in [0.5, 0.6) is 0 Å². The molecule has 0 atom stereocenters. The summed E-state index contributed by atoms with van der Waals surface area (Å²) in [7, 11) is 0. The first-order chi connectivity index (χ1) is 13.5. The summed E-state index contributed by atoms with van der Waals surface area (Å²) in [6, 6.07) is 7.52. The van der Waals surface area contributed by atoms with Crippen LogP contribution in [0.2, 0.25) is 5.02 Å². The Hall–Kier alpha value is -2.12. The van der Waals surface area contributed by atoms with E-state index in [0.29, 0.717) is 17.3 Å². The number of thiazole rings is 1. The largest absolute Gasteiger partial charge is 0.462 e. The number of carbonyl (C=O) groups is 2. The van der Waals surface area contributed by atoms with E-state index in [1.807, 2.05) is 36.6 Å².